The highest BCUT2D eigenvalue weighted by Gasteiger charge is 2.37. The lowest BCUT2D eigenvalue weighted by atomic mass is 10.0. The Labute approximate surface area is 191 Å². The van der Waals surface area contributed by atoms with Gasteiger partial charge in [0.1, 0.15) is 12.4 Å². The van der Waals surface area contributed by atoms with Crippen molar-refractivity contribution in [3.8, 4) is 16.9 Å². The first-order valence-electron chi connectivity index (χ1n) is 11.8. The van der Waals surface area contributed by atoms with Crippen molar-refractivity contribution >= 4 is 0 Å². The van der Waals surface area contributed by atoms with Gasteiger partial charge in [0.05, 0.1) is 0 Å². The van der Waals surface area contributed by atoms with Crippen molar-refractivity contribution in [3.63, 3.8) is 0 Å². The monoisotopic (exact) mass is 427 g/mol. The van der Waals surface area contributed by atoms with Crippen LogP contribution in [-0.4, -0.2) is 43.2 Å². The van der Waals surface area contributed by atoms with E-state index in [9.17, 15) is 0 Å². The molecule has 1 aliphatic carbocycles. The lowest BCUT2D eigenvalue weighted by molar-refractivity contribution is 0.306. The first-order chi connectivity index (χ1) is 15.7. The summed E-state index contributed by atoms with van der Waals surface area (Å²) in [6, 6.07) is 28.7. The summed E-state index contributed by atoms with van der Waals surface area (Å²) in [4.78, 5) is 2.47. The third-order valence-corrected chi connectivity index (χ3v) is 6.71. The van der Waals surface area contributed by atoms with E-state index in [2.05, 4.69) is 83.0 Å². The van der Waals surface area contributed by atoms with Crippen LogP contribution in [0.1, 0.15) is 29.9 Å². The topological polar surface area (TPSA) is 50.5 Å². The molecular formula is C28H33N3O. The minimum Gasteiger partial charge on any atom is -0.489 e. The van der Waals surface area contributed by atoms with Crippen LogP contribution in [-0.2, 0) is 6.61 Å². The summed E-state index contributed by atoms with van der Waals surface area (Å²) in [5.74, 6) is 1.56. The number of hydrogen-bond donors (Lipinski definition) is 2. The lowest BCUT2D eigenvalue weighted by Crippen LogP contribution is -2.33. The highest BCUT2D eigenvalue weighted by Crippen LogP contribution is 2.41. The Morgan fingerprint density at radius 3 is 2.38 bits per heavy atom. The average molecular weight is 428 g/mol. The fraction of sp³-hybridized carbons (Fsp3) is 0.357. The van der Waals surface area contributed by atoms with Gasteiger partial charge in [-0.2, -0.15) is 0 Å². The molecule has 0 radical (unpaired) electrons. The van der Waals surface area contributed by atoms with Crippen LogP contribution in [0.3, 0.4) is 0 Å². The largest absolute Gasteiger partial charge is 0.489 e. The predicted molar refractivity (Wildman–Crippen MR) is 131 cm³/mol. The minimum atomic E-state index is 0.373. The van der Waals surface area contributed by atoms with E-state index in [1.807, 2.05) is 6.07 Å². The molecule has 0 bridgehead atoms. The second kappa shape index (κ2) is 9.86. The summed E-state index contributed by atoms with van der Waals surface area (Å²) in [5, 5.41) is 3.71. The number of nitrogens with zero attached hydrogens (tertiary/aromatic N) is 1. The van der Waals surface area contributed by atoms with Crippen LogP contribution in [0.2, 0.25) is 0 Å². The molecule has 0 amide bonds. The second-order valence-electron chi connectivity index (χ2n) is 9.17. The Balaban J connectivity index is 1.06. The van der Waals surface area contributed by atoms with Gasteiger partial charge >= 0.3 is 0 Å². The molecule has 3 N–H and O–H groups in total. The van der Waals surface area contributed by atoms with Crippen LogP contribution in [0, 0.1) is 0 Å². The van der Waals surface area contributed by atoms with Gasteiger partial charge in [-0.3, -0.25) is 0 Å². The van der Waals surface area contributed by atoms with Gasteiger partial charge in [0, 0.05) is 37.6 Å². The van der Waals surface area contributed by atoms with Crippen molar-refractivity contribution in [1.82, 2.24) is 10.2 Å². The molecule has 3 aromatic carbocycles. The van der Waals surface area contributed by atoms with Crippen molar-refractivity contribution in [2.24, 2.45) is 5.73 Å². The summed E-state index contributed by atoms with van der Waals surface area (Å²) in [5.41, 5.74) is 11.0. The van der Waals surface area contributed by atoms with Gasteiger partial charge < -0.3 is 20.7 Å². The number of likely N-dealkylation sites (tertiary alicyclic amines) is 1. The second-order valence-corrected chi connectivity index (χ2v) is 9.17. The number of hydrogen-bond acceptors (Lipinski definition) is 4. The van der Waals surface area contributed by atoms with Crippen LogP contribution < -0.4 is 15.8 Å². The maximum Gasteiger partial charge on any atom is 0.119 e. The molecule has 4 nitrogen and oxygen atoms in total. The molecule has 1 saturated heterocycles. The number of nitrogens with one attached hydrogen (secondary N) is 1. The van der Waals surface area contributed by atoms with Crippen LogP contribution in [0.15, 0.2) is 78.9 Å². The summed E-state index contributed by atoms with van der Waals surface area (Å²) >= 11 is 0. The Morgan fingerprint density at radius 2 is 1.66 bits per heavy atom. The zero-order chi connectivity index (χ0) is 21.8. The molecule has 0 aromatic heterocycles. The summed E-state index contributed by atoms with van der Waals surface area (Å²) < 4.78 is 6.02. The third kappa shape index (κ3) is 5.39. The van der Waals surface area contributed by atoms with Crippen molar-refractivity contribution in [3.05, 3.63) is 90.0 Å². The highest BCUT2D eigenvalue weighted by molar-refractivity contribution is 5.63. The van der Waals surface area contributed by atoms with E-state index < -0.39 is 0 Å². The fourth-order valence-electron chi connectivity index (χ4n) is 4.66. The number of nitrogens with two attached hydrogens (primary N) is 1. The van der Waals surface area contributed by atoms with Gasteiger partial charge in [-0.1, -0.05) is 66.7 Å². The van der Waals surface area contributed by atoms with Gasteiger partial charge in [0.25, 0.3) is 0 Å². The van der Waals surface area contributed by atoms with Crippen LogP contribution in [0.4, 0.5) is 0 Å². The molecule has 1 unspecified atom stereocenters. The quantitative estimate of drug-likeness (QED) is 0.531. The molecule has 1 aliphatic heterocycles. The zero-order valence-corrected chi connectivity index (χ0v) is 18.6. The maximum atomic E-state index is 6.02. The highest BCUT2D eigenvalue weighted by atomic mass is 16.5. The lowest BCUT2D eigenvalue weighted by Gasteiger charge is -2.15. The Hall–Kier alpha value is -2.66. The van der Waals surface area contributed by atoms with Crippen molar-refractivity contribution in [2.75, 3.05) is 26.2 Å². The van der Waals surface area contributed by atoms with Crippen molar-refractivity contribution in [1.29, 1.82) is 0 Å². The molecule has 2 fully saturated rings. The van der Waals surface area contributed by atoms with E-state index >= 15 is 0 Å². The van der Waals surface area contributed by atoms with E-state index in [0.717, 1.165) is 38.3 Å². The van der Waals surface area contributed by atoms with E-state index in [4.69, 9.17) is 10.5 Å². The Bertz CT molecular complexity index is 987. The predicted octanol–water partition coefficient (Wildman–Crippen LogP) is 4.41. The van der Waals surface area contributed by atoms with Crippen LogP contribution in [0.5, 0.6) is 5.75 Å². The van der Waals surface area contributed by atoms with Gasteiger partial charge in [-0.05, 0) is 53.8 Å². The van der Waals surface area contributed by atoms with Crippen LogP contribution >= 0.6 is 0 Å². The Morgan fingerprint density at radius 1 is 0.906 bits per heavy atom. The first kappa shape index (κ1) is 21.2. The molecule has 2 aliphatic rings. The van der Waals surface area contributed by atoms with Crippen molar-refractivity contribution < 1.29 is 4.74 Å². The molecular weight excluding hydrogens is 394 g/mol. The molecule has 4 heteroatoms. The van der Waals surface area contributed by atoms with Gasteiger partial charge in [-0.25, -0.2) is 0 Å². The van der Waals surface area contributed by atoms with Crippen LogP contribution in [0.25, 0.3) is 11.1 Å². The van der Waals surface area contributed by atoms with E-state index in [-0.39, 0.29) is 0 Å². The summed E-state index contributed by atoms with van der Waals surface area (Å²) in [6.45, 7) is 4.94. The summed E-state index contributed by atoms with van der Waals surface area (Å²) in [6.07, 6.45) is 2.37. The van der Waals surface area contributed by atoms with Crippen molar-refractivity contribution in [2.45, 2.75) is 37.5 Å². The smallest absolute Gasteiger partial charge is 0.119 e. The number of ether oxygens (including phenoxy) is 1. The first-order valence-corrected chi connectivity index (χ1v) is 11.8. The molecule has 1 saturated carbocycles. The van der Waals surface area contributed by atoms with E-state index in [1.165, 1.54) is 28.7 Å². The molecule has 166 valence electrons. The maximum absolute atomic E-state index is 6.02. The summed E-state index contributed by atoms with van der Waals surface area (Å²) in [7, 11) is 0. The molecule has 3 atom stereocenters. The standard InChI is InChI=1S/C28H33N3O/c29-25-14-16-31(19-25)17-15-30-28-18-27(28)24-10-12-26(13-11-24)32-20-21-6-8-23(9-7-21)22-4-2-1-3-5-22/h1-13,25,27-28,30H,14-20,29H2/t25-,27?,28+/m1/s1. The van der Waals surface area contributed by atoms with Gasteiger partial charge in [0.2, 0.25) is 0 Å². The molecule has 1 heterocycles. The number of rotatable bonds is 9. The Kier molecular flexibility index (Phi) is 6.54. The fourth-order valence-corrected chi connectivity index (χ4v) is 4.66. The SMILES string of the molecule is N[C@@H]1CCN(CCN[C@H]2CC2c2ccc(OCc3ccc(-c4ccccc4)cc3)cc2)C1. The third-order valence-electron chi connectivity index (χ3n) is 6.71. The van der Waals surface area contributed by atoms with E-state index in [1.54, 1.807) is 0 Å². The molecule has 32 heavy (non-hydrogen) atoms. The zero-order valence-electron chi connectivity index (χ0n) is 18.6. The van der Waals surface area contributed by atoms with E-state index in [0.29, 0.717) is 24.6 Å². The normalized spacial score (nSPS) is 22.7. The molecule has 0 spiro atoms. The molecule has 3 aromatic rings. The van der Waals surface area contributed by atoms with Gasteiger partial charge in [-0.15, -0.1) is 0 Å². The minimum absolute atomic E-state index is 0.373. The molecule has 5 rings (SSSR count). The van der Waals surface area contributed by atoms with Gasteiger partial charge in [0.15, 0.2) is 0 Å². The average Bonchev–Trinajstić information content (AvgIpc) is 3.50. The number of benzene rings is 3.